The van der Waals surface area contributed by atoms with Crippen LogP contribution in [-0.2, 0) is 4.74 Å². The van der Waals surface area contributed by atoms with E-state index in [4.69, 9.17) is 10.5 Å². The Bertz CT molecular complexity index is 934. The SMILES string of the molecule is C[C@@H]1CN(c2ccc(C#N)c3ncccc23)C[C@H](CN2CCN(C(N)=O)CC2)O1. The van der Waals surface area contributed by atoms with Gasteiger partial charge in [0.25, 0.3) is 0 Å². The number of fused-ring (bicyclic) bond motifs is 1. The van der Waals surface area contributed by atoms with E-state index in [1.54, 1.807) is 11.1 Å². The van der Waals surface area contributed by atoms with E-state index >= 15 is 0 Å². The quantitative estimate of drug-likeness (QED) is 0.845. The molecule has 2 atom stereocenters. The number of anilines is 1. The molecular weight excluding hydrogens is 368 g/mol. The summed E-state index contributed by atoms with van der Waals surface area (Å²) in [4.78, 5) is 22.1. The number of urea groups is 1. The van der Waals surface area contributed by atoms with Gasteiger partial charge in [-0.25, -0.2) is 4.79 Å². The van der Waals surface area contributed by atoms with E-state index in [9.17, 15) is 10.1 Å². The summed E-state index contributed by atoms with van der Waals surface area (Å²) in [5.74, 6) is 0. The van der Waals surface area contributed by atoms with Crippen molar-refractivity contribution in [2.75, 3.05) is 50.7 Å². The molecule has 0 spiro atoms. The summed E-state index contributed by atoms with van der Waals surface area (Å²) >= 11 is 0. The third-order valence-electron chi connectivity index (χ3n) is 5.68. The lowest BCUT2D eigenvalue weighted by molar-refractivity contribution is -0.0362. The van der Waals surface area contributed by atoms with Crippen LogP contribution in [0.5, 0.6) is 0 Å². The molecule has 2 aromatic rings. The van der Waals surface area contributed by atoms with Gasteiger partial charge in [-0.3, -0.25) is 9.88 Å². The molecule has 0 unspecified atom stereocenters. The van der Waals surface area contributed by atoms with Crippen molar-refractivity contribution in [3.8, 4) is 6.07 Å². The Morgan fingerprint density at radius 2 is 2.07 bits per heavy atom. The van der Waals surface area contributed by atoms with E-state index in [-0.39, 0.29) is 18.2 Å². The summed E-state index contributed by atoms with van der Waals surface area (Å²) < 4.78 is 6.22. The summed E-state index contributed by atoms with van der Waals surface area (Å²) in [5, 5.41) is 10.4. The van der Waals surface area contributed by atoms with Crippen molar-refractivity contribution in [1.82, 2.24) is 14.8 Å². The van der Waals surface area contributed by atoms with E-state index in [0.717, 1.165) is 49.3 Å². The summed E-state index contributed by atoms with van der Waals surface area (Å²) in [6.07, 6.45) is 1.90. The lowest BCUT2D eigenvalue weighted by atomic mass is 10.1. The third kappa shape index (κ3) is 4.11. The van der Waals surface area contributed by atoms with Crippen LogP contribution in [-0.4, -0.2) is 78.8 Å². The lowest BCUT2D eigenvalue weighted by Crippen LogP contribution is -2.55. The van der Waals surface area contributed by atoms with Crippen LogP contribution in [0.2, 0.25) is 0 Å². The number of pyridine rings is 1. The Labute approximate surface area is 170 Å². The van der Waals surface area contributed by atoms with Crippen molar-refractivity contribution in [1.29, 1.82) is 5.26 Å². The number of nitriles is 1. The minimum Gasteiger partial charge on any atom is -0.370 e. The first-order valence-electron chi connectivity index (χ1n) is 10.00. The molecule has 8 heteroatoms. The van der Waals surface area contributed by atoms with Gasteiger partial charge in [0.05, 0.1) is 23.3 Å². The summed E-state index contributed by atoms with van der Waals surface area (Å²) in [6.45, 7) is 7.41. The molecule has 1 aromatic heterocycles. The maximum atomic E-state index is 11.3. The van der Waals surface area contributed by atoms with Gasteiger partial charge in [-0.15, -0.1) is 0 Å². The van der Waals surface area contributed by atoms with Crippen LogP contribution < -0.4 is 10.6 Å². The van der Waals surface area contributed by atoms with Gasteiger partial charge in [0, 0.05) is 63.1 Å². The van der Waals surface area contributed by atoms with Gasteiger partial charge in [-0.05, 0) is 31.2 Å². The molecular formula is C21H26N6O2. The Kier molecular flexibility index (Phi) is 5.51. The molecule has 3 heterocycles. The number of morpholine rings is 1. The van der Waals surface area contributed by atoms with Crippen LogP contribution in [0.4, 0.5) is 10.5 Å². The third-order valence-corrected chi connectivity index (χ3v) is 5.68. The van der Waals surface area contributed by atoms with Crippen LogP contribution in [0.1, 0.15) is 12.5 Å². The standard InChI is InChI=1S/C21H26N6O2/c1-15-12-27(19-5-4-16(11-22)20-18(19)3-2-6-24-20)14-17(29-15)13-25-7-9-26(10-8-25)21(23)28/h2-6,15,17H,7-10,12-14H2,1H3,(H2,23,28)/t15-,17+/m1/s1. The van der Waals surface area contributed by atoms with Crippen molar-refractivity contribution < 1.29 is 9.53 Å². The van der Waals surface area contributed by atoms with Gasteiger partial charge in [-0.2, -0.15) is 5.26 Å². The van der Waals surface area contributed by atoms with Crippen LogP contribution in [0.15, 0.2) is 30.5 Å². The summed E-state index contributed by atoms with van der Waals surface area (Å²) in [5.41, 5.74) is 7.80. The Hall–Kier alpha value is -2.89. The van der Waals surface area contributed by atoms with Crippen LogP contribution in [0, 0.1) is 11.3 Å². The van der Waals surface area contributed by atoms with Gasteiger partial charge < -0.3 is 20.3 Å². The van der Waals surface area contributed by atoms with Crippen molar-refractivity contribution in [3.05, 3.63) is 36.0 Å². The number of carbonyl (C=O) groups excluding carboxylic acids is 1. The van der Waals surface area contributed by atoms with Crippen molar-refractivity contribution in [2.45, 2.75) is 19.1 Å². The van der Waals surface area contributed by atoms with Gasteiger partial charge in [0.2, 0.25) is 0 Å². The van der Waals surface area contributed by atoms with Crippen LogP contribution in [0.25, 0.3) is 10.9 Å². The van der Waals surface area contributed by atoms with Crippen molar-refractivity contribution in [3.63, 3.8) is 0 Å². The Morgan fingerprint density at radius 1 is 1.28 bits per heavy atom. The average Bonchev–Trinajstić information content (AvgIpc) is 2.73. The first-order valence-corrected chi connectivity index (χ1v) is 10.00. The van der Waals surface area contributed by atoms with Crippen LogP contribution >= 0.6 is 0 Å². The molecule has 152 valence electrons. The van der Waals surface area contributed by atoms with E-state index < -0.39 is 0 Å². The number of rotatable bonds is 3. The Balaban J connectivity index is 1.50. The maximum absolute atomic E-state index is 11.3. The first kappa shape index (κ1) is 19.4. The maximum Gasteiger partial charge on any atom is 0.314 e. The van der Waals surface area contributed by atoms with Gasteiger partial charge in [0.15, 0.2) is 0 Å². The first-order chi connectivity index (χ1) is 14.0. The largest absolute Gasteiger partial charge is 0.370 e. The molecule has 2 saturated heterocycles. The van der Waals surface area contributed by atoms with Gasteiger partial charge >= 0.3 is 6.03 Å². The summed E-state index contributed by atoms with van der Waals surface area (Å²) in [6, 6.07) is 9.69. The highest BCUT2D eigenvalue weighted by Crippen LogP contribution is 2.30. The minimum absolute atomic E-state index is 0.0706. The fourth-order valence-electron chi connectivity index (χ4n) is 4.31. The predicted molar refractivity (Wildman–Crippen MR) is 111 cm³/mol. The monoisotopic (exact) mass is 394 g/mol. The highest BCUT2D eigenvalue weighted by atomic mass is 16.5. The number of carbonyl (C=O) groups is 1. The van der Waals surface area contributed by atoms with Gasteiger partial charge in [0.1, 0.15) is 6.07 Å². The molecule has 8 nitrogen and oxygen atoms in total. The number of ether oxygens (including phenoxy) is 1. The number of amides is 2. The zero-order valence-electron chi connectivity index (χ0n) is 16.6. The topological polar surface area (TPSA) is 98.7 Å². The predicted octanol–water partition coefficient (Wildman–Crippen LogP) is 1.40. The van der Waals surface area contributed by atoms with E-state index in [2.05, 4.69) is 27.8 Å². The molecule has 2 N–H and O–H groups in total. The van der Waals surface area contributed by atoms with E-state index in [0.29, 0.717) is 18.7 Å². The number of piperazine rings is 1. The number of aromatic nitrogens is 1. The molecule has 1 aromatic carbocycles. The average molecular weight is 394 g/mol. The lowest BCUT2D eigenvalue weighted by Gasteiger charge is -2.42. The molecule has 2 amide bonds. The Morgan fingerprint density at radius 3 is 2.79 bits per heavy atom. The molecule has 4 rings (SSSR count). The molecule has 0 aliphatic carbocycles. The van der Waals surface area contributed by atoms with Crippen LogP contribution in [0.3, 0.4) is 0 Å². The second-order valence-electron chi connectivity index (χ2n) is 7.74. The molecule has 2 fully saturated rings. The number of nitrogens with two attached hydrogens (primary N) is 1. The molecule has 0 saturated carbocycles. The summed E-state index contributed by atoms with van der Waals surface area (Å²) in [7, 11) is 0. The number of primary amides is 1. The molecule has 0 radical (unpaired) electrons. The highest BCUT2D eigenvalue weighted by molar-refractivity contribution is 5.95. The normalized spacial score (nSPS) is 23.2. The molecule has 2 aliphatic heterocycles. The van der Waals surface area contributed by atoms with E-state index in [1.807, 2.05) is 24.3 Å². The molecule has 2 aliphatic rings. The fourth-order valence-corrected chi connectivity index (χ4v) is 4.31. The fraction of sp³-hybridized carbons (Fsp3) is 0.476. The van der Waals surface area contributed by atoms with Crippen molar-refractivity contribution in [2.24, 2.45) is 5.73 Å². The molecule has 0 bridgehead atoms. The smallest absolute Gasteiger partial charge is 0.314 e. The number of hydrogen-bond acceptors (Lipinski definition) is 6. The van der Waals surface area contributed by atoms with Crippen molar-refractivity contribution >= 4 is 22.6 Å². The zero-order valence-corrected chi connectivity index (χ0v) is 16.6. The second kappa shape index (κ2) is 8.23. The second-order valence-corrected chi connectivity index (χ2v) is 7.74. The minimum atomic E-state index is -0.348. The van der Waals surface area contributed by atoms with Gasteiger partial charge in [-0.1, -0.05) is 0 Å². The molecule has 29 heavy (non-hydrogen) atoms. The zero-order chi connectivity index (χ0) is 20.4. The highest BCUT2D eigenvalue weighted by Gasteiger charge is 2.29. The number of nitrogens with zero attached hydrogens (tertiary/aromatic N) is 5. The number of benzene rings is 1. The van der Waals surface area contributed by atoms with E-state index in [1.165, 1.54) is 0 Å². The number of hydrogen-bond donors (Lipinski definition) is 1.